The normalized spacial score (nSPS) is 12.8. The van der Waals surface area contributed by atoms with Crippen molar-refractivity contribution in [2.75, 3.05) is 11.9 Å². The average molecular weight is 429 g/mol. The number of halogens is 3. The molecule has 0 radical (unpaired) electrons. The van der Waals surface area contributed by atoms with Gasteiger partial charge in [0.25, 0.3) is 0 Å². The Balaban J connectivity index is 1.35. The van der Waals surface area contributed by atoms with E-state index >= 15 is 0 Å². The van der Waals surface area contributed by atoms with E-state index in [-0.39, 0.29) is 6.04 Å². The predicted octanol–water partition coefficient (Wildman–Crippen LogP) is 4.75. The lowest BCUT2D eigenvalue weighted by molar-refractivity contribution is -0.137. The molecule has 0 saturated carbocycles. The smallest absolute Gasteiger partial charge is 0.359 e. The molecule has 0 aliphatic rings. The maximum atomic E-state index is 12.6. The Kier molecular flexibility index (Phi) is 5.65. The van der Waals surface area contributed by atoms with Crippen LogP contribution in [-0.4, -0.2) is 27.8 Å². The van der Waals surface area contributed by atoms with Crippen LogP contribution >= 0.6 is 11.3 Å². The number of rotatable bonds is 6. The zero-order valence-corrected chi connectivity index (χ0v) is 16.5. The van der Waals surface area contributed by atoms with Crippen LogP contribution in [0.5, 0.6) is 0 Å². The van der Waals surface area contributed by atoms with Gasteiger partial charge in [0.1, 0.15) is 5.01 Å². The number of hydrogen-bond acceptors (Lipinski definition) is 6. The molecule has 9 heteroatoms. The van der Waals surface area contributed by atoms with Gasteiger partial charge in [-0.15, -0.1) is 10.2 Å². The highest BCUT2D eigenvalue weighted by Gasteiger charge is 2.29. The number of hydrogen-bond donors (Lipinski definition) is 2. The minimum atomic E-state index is -4.33. The van der Waals surface area contributed by atoms with Crippen LogP contribution in [0.15, 0.2) is 60.9 Å². The first-order valence-electron chi connectivity index (χ1n) is 9.22. The summed E-state index contributed by atoms with van der Waals surface area (Å²) in [5, 5.41) is 15.1. The van der Waals surface area contributed by atoms with Gasteiger partial charge < -0.3 is 11.1 Å². The van der Waals surface area contributed by atoms with Crippen molar-refractivity contribution < 1.29 is 13.2 Å². The molecule has 2 aromatic heterocycles. The van der Waals surface area contributed by atoms with Gasteiger partial charge in [-0.1, -0.05) is 35.6 Å². The minimum absolute atomic E-state index is 0.276. The summed E-state index contributed by atoms with van der Waals surface area (Å²) in [5.74, 6) is 0. The van der Waals surface area contributed by atoms with E-state index in [1.807, 2.05) is 30.5 Å². The minimum Gasteiger partial charge on any atom is -0.359 e. The Bertz CT molecular complexity index is 1140. The number of anilines is 1. The van der Waals surface area contributed by atoms with E-state index in [0.717, 1.165) is 39.0 Å². The Morgan fingerprint density at radius 1 is 1.00 bits per heavy atom. The van der Waals surface area contributed by atoms with Crippen LogP contribution in [0.2, 0.25) is 0 Å². The monoisotopic (exact) mass is 429 g/mol. The number of nitrogens with zero attached hydrogens (tertiary/aromatic N) is 3. The molecule has 0 fully saturated rings. The molecule has 0 bridgehead atoms. The van der Waals surface area contributed by atoms with Crippen molar-refractivity contribution in [1.29, 1.82) is 0 Å². The molecule has 4 aromatic rings. The van der Waals surface area contributed by atoms with Crippen molar-refractivity contribution >= 4 is 27.2 Å². The van der Waals surface area contributed by atoms with E-state index in [1.165, 1.54) is 23.5 Å². The first kappa shape index (κ1) is 20.2. The number of benzene rings is 2. The first-order valence-corrected chi connectivity index (χ1v) is 10.0. The molecule has 1 atom stereocenters. The van der Waals surface area contributed by atoms with E-state index in [9.17, 15) is 13.2 Å². The molecule has 154 valence electrons. The fraction of sp³-hybridized carbons (Fsp3) is 0.190. The van der Waals surface area contributed by atoms with Gasteiger partial charge in [0.15, 0.2) is 0 Å². The van der Waals surface area contributed by atoms with Crippen LogP contribution in [0.25, 0.3) is 21.3 Å². The number of alkyl halides is 3. The molecule has 5 nitrogen and oxygen atoms in total. The fourth-order valence-corrected chi connectivity index (χ4v) is 3.80. The van der Waals surface area contributed by atoms with E-state index in [4.69, 9.17) is 5.73 Å². The highest BCUT2D eigenvalue weighted by atomic mass is 32.1. The molecule has 3 N–H and O–H groups in total. The molecule has 0 spiro atoms. The number of nitrogens with two attached hydrogens (primary N) is 1. The molecule has 0 saturated heterocycles. The number of fused-ring (bicyclic) bond motifs is 1. The summed E-state index contributed by atoms with van der Waals surface area (Å²) in [6.07, 6.45) is -0.323. The summed E-state index contributed by atoms with van der Waals surface area (Å²) >= 11 is 1.42. The van der Waals surface area contributed by atoms with E-state index in [0.29, 0.717) is 18.1 Å². The molecule has 0 amide bonds. The molecule has 2 aromatic carbocycles. The Morgan fingerprint density at radius 3 is 2.57 bits per heavy atom. The van der Waals surface area contributed by atoms with Gasteiger partial charge in [0, 0.05) is 35.9 Å². The van der Waals surface area contributed by atoms with Crippen LogP contribution in [-0.2, 0) is 12.6 Å². The maximum absolute atomic E-state index is 12.6. The maximum Gasteiger partial charge on any atom is 0.416 e. The molecule has 0 aliphatic heterocycles. The van der Waals surface area contributed by atoms with E-state index in [1.54, 1.807) is 6.20 Å². The second-order valence-electron chi connectivity index (χ2n) is 6.89. The molecule has 30 heavy (non-hydrogen) atoms. The van der Waals surface area contributed by atoms with Gasteiger partial charge in [0.2, 0.25) is 5.13 Å². The average Bonchev–Trinajstić information content (AvgIpc) is 3.21. The lowest BCUT2D eigenvalue weighted by Crippen LogP contribution is -2.31. The van der Waals surface area contributed by atoms with Gasteiger partial charge in [-0.3, -0.25) is 4.98 Å². The van der Waals surface area contributed by atoms with Crippen molar-refractivity contribution in [3.8, 4) is 10.6 Å². The fourth-order valence-electron chi connectivity index (χ4n) is 3.05. The Hall–Kier alpha value is -3.04. The van der Waals surface area contributed by atoms with E-state index in [2.05, 4.69) is 20.5 Å². The van der Waals surface area contributed by atoms with E-state index < -0.39 is 11.7 Å². The van der Waals surface area contributed by atoms with Crippen LogP contribution in [0, 0.1) is 0 Å². The number of pyridine rings is 1. The van der Waals surface area contributed by atoms with Crippen molar-refractivity contribution in [1.82, 2.24) is 15.2 Å². The lowest BCUT2D eigenvalue weighted by atomic mass is 10.0. The zero-order chi connectivity index (χ0) is 21.1. The highest BCUT2D eigenvalue weighted by Crippen LogP contribution is 2.30. The summed E-state index contributed by atoms with van der Waals surface area (Å²) in [6, 6.07) is 12.7. The van der Waals surface area contributed by atoms with Gasteiger partial charge in [-0.05, 0) is 41.6 Å². The van der Waals surface area contributed by atoms with Crippen molar-refractivity contribution in [2.45, 2.75) is 18.6 Å². The topological polar surface area (TPSA) is 76.7 Å². The summed E-state index contributed by atoms with van der Waals surface area (Å²) < 4.78 is 37.9. The van der Waals surface area contributed by atoms with Gasteiger partial charge in [0.05, 0.1) is 5.56 Å². The summed E-state index contributed by atoms with van der Waals surface area (Å²) in [6.45, 7) is 0.430. The summed E-state index contributed by atoms with van der Waals surface area (Å²) in [5.41, 5.74) is 7.18. The Morgan fingerprint density at radius 2 is 1.80 bits per heavy atom. The van der Waals surface area contributed by atoms with Gasteiger partial charge in [-0.25, -0.2) is 0 Å². The largest absolute Gasteiger partial charge is 0.416 e. The van der Waals surface area contributed by atoms with Crippen molar-refractivity contribution in [3.63, 3.8) is 0 Å². The molecule has 1 unspecified atom stereocenters. The standard InChI is InChI=1S/C21H18F3N5S/c22-21(23,24)17-5-1-13(2-6-17)9-18(25)12-27-20-29-28-19(30-20)15-3-4-16-11-26-8-7-14(16)10-15/h1-8,10-11,18H,9,12,25H2,(H,27,29). The molecule has 4 rings (SSSR count). The summed E-state index contributed by atoms with van der Waals surface area (Å²) in [7, 11) is 0. The number of nitrogens with one attached hydrogen (secondary N) is 1. The number of aromatic nitrogens is 3. The van der Waals surface area contributed by atoms with Crippen molar-refractivity contribution in [2.24, 2.45) is 5.73 Å². The summed E-state index contributed by atoms with van der Waals surface area (Å²) in [4.78, 5) is 4.11. The molecule has 2 heterocycles. The predicted molar refractivity (Wildman–Crippen MR) is 112 cm³/mol. The van der Waals surface area contributed by atoms with Crippen LogP contribution in [0.4, 0.5) is 18.3 Å². The van der Waals surface area contributed by atoms with Crippen LogP contribution in [0.1, 0.15) is 11.1 Å². The molecule has 0 aliphatic carbocycles. The lowest BCUT2D eigenvalue weighted by Gasteiger charge is -2.13. The van der Waals surface area contributed by atoms with Crippen LogP contribution in [0.3, 0.4) is 0 Å². The van der Waals surface area contributed by atoms with Gasteiger partial charge in [-0.2, -0.15) is 13.2 Å². The quantitative estimate of drug-likeness (QED) is 0.462. The third-order valence-corrected chi connectivity index (χ3v) is 5.54. The Labute approximate surface area is 174 Å². The second kappa shape index (κ2) is 8.37. The highest BCUT2D eigenvalue weighted by molar-refractivity contribution is 7.18. The molecular weight excluding hydrogens is 411 g/mol. The zero-order valence-electron chi connectivity index (χ0n) is 15.7. The third-order valence-electron chi connectivity index (χ3n) is 4.61. The van der Waals surface area contributed by atoms with Gasteiger partial charge >= 0.3 is 6.18 Å². The first-order chi connectivity index (χ1) is 14.4. The van der Waals surface area contributed by atoms with Crippen LogP contribution < -0.4 is 11.1 Å². The molecular formula is C21H18F3N5S. The second-order valence-corrected chi connectivity index (χ2v) is 7.87. The van der Waals surface area contributed by atoms with Crippen molar-refractivity contribution in [3.05, 3.63) is 72.1 Å². The SMILES string of the molecule is NC(CNc1nnc(-c2ccc3cnccc3c2)s1)Cc1ccc(C(F)(F)F)cc1. The third kappa shape index (κ3) is 4.74.